The average molecular weight is 186 g/mol. The molecule has 0 heterocycles. The zero-order valence-corrected chi connectivity index (χ0v) is 8.79. The Kier molecular flexibility index (Phi) is 1.84. The summed E-state index contributed by atoms with van der Waals surface area (Å²) in [6.45, 7) is 5.92. The van der Waals surface area contributed by atoms with E-state index >= 15 is 0 Å². The van der Waals surface area contributed by atoms with Gasteiger partial charge in [-0.2, -0.15) is 0 Å². The van der Waals surface area contributed by atoms with Crippen LogP contribution in [0.15, 0.2) is 24.3 Å². The van der Waals surface area contributed by atoms with Gasteiger partial charge < -0.3 is 0 Å². The summed E-state index contributed by atoms with van der Waals surface area (Å²) < 4.78 is 0. The number of Topliss-reactive ketones (excluding diaryl/α,β-unsaturated/α-hetero) is 1. The highest BCUT2D eigenvalue weighted by Gasteiger charge is 2.30. The third-order valence-corrected chi connectivity index (χ3v) is 2.72. The molecule has 1 aliphatic carbocycles. The standard InChI is InChI=1S/C13H14O/c1-9-4-5-10-6-7-13(2,3)12(14)11(10)8-9/h4-8H,1-3H3. The van der Waals surface area contributed by atoms with E-state index in [0.717, 1.165) is 16.7 Å². The molecule has 1 aliphatic rings. The van der Waals surface area contributed by atoms with Crippen molar-refractivity contribution < 1.29 is 4.79 Å². The molecular formula is C13H14O. The summed E-state index contributed by atoms with van der Waals surface area (Å²) in [6, 6.07) is 6.02. The van der Waals surface area contributed by atoms with Crippen LogP contribution in [0.2, 0.25) is 0 Å². The van der Waals surface area contributed by atoms with Crippen molar-refractivity contribution in [3.8, 4) is 0 Å². The van der Waals surface area contributed by atoms with Gasteiger partial charge in [0, 0.05) is 11.0 Å². The smallest absolute Gasteiger partial charge is 0.172 e. The maximum atomic E-state index is 12.0. The van der Waals surface area contributed by atoms with Crippen LogP contribution in [0.1, 0.15) is 35.3 Å². The molecule has 0 radical (unpaired) electrons. The first-order chi connectivity index (χ1) is 6.50. The van der Waals surface area contributed by atoms with E-state index in [9.17, 15) is 4.79 Å². The second-order valence-electron chi connectivity index (χ2n) is 4.47. The number of hydrogen-bond acceptors (Lipinski definition) is 1. The molecule has 0 spiro atoms. The third-order valence-electron chi connectivity index (χ3n) is 2.72. The molecule has 1 aromatic rings. The van der Waals surface area contributed by atoms with Crippen molar-refractivity contribution in [2.24, 2.45) is 5.41 Å². The number of allylic oxidation sites excluding steroid dienone is 1. The van der Waals surface area contributed by atoms with E-state index in [1.807, 2.05) is 51.1 Å². The summed E-state index contributed by atoms with van der Waals surface area (Å²) in [5, 5.41) is 0. The molecule has 0 saturated carbocycles. The minimum Gasteiger partial charge on any atom is -0.293 e. The predicted octanol–water partition coefficient (Wildman–Crippen LogP) is 3.23. The van der Waals surface area contributed by atoms with Gasteiger partial charge in [-0.15, -0.1) is 0 Å². The highest BCUT2D eigenvalue weighted by molar-refractivity contribution is 6.06. The van der Waals surface area contributed by atoms with Gasteiger partial charge in [-0.05, 0) is 32.4 Å². The molecule has 0 aromatic heterocycles. The van der Waals surface area contributed by atoms with Gasteiger partial charge in [-0.1, -0.05) is 29.8 Å². The van der Waals surface area contributed by atoms with Crippen LogP contribution in [-0.4, -0.2) is 5.78 Å². The molecule has 0 N–H and O–H groups in total. The summed E-state index contributed by atoms with van der Waals surface area (Å²) in [5.74, 6) is 0.221. The minimum atomic E-state index is -0.346. The lowest BCUT2D eigenvalue weighted by Gasteiger charge is -2.24. The average Bonchev–Trinajstić information content (AvgIpc) is 2.13. The quantitative estimate of drug-likeness (QED) is 0.608. The first-order valence-electron chi connectivity index (χ1n) is 4.85. The van der Waals surface area contributed by atoms with Crippen LogP contribution >= 0.6 is 0 Å². The van der Waals surface area contributed by atoms with Crippen molar-refractivity contribution in [1.82, 2.24) is 0 Å². The lowest BCUT2D eigenvalue weighted by Crippen LogP contribution is -2.25. The van der Waals surface area contributed by atoms with Crippen molar-refractivity contribution in [3.05, 3.63) is 41.0 Å². The van der Waals surface area contributed by atoms with Gasteiger partial charge in [0.25, 0.3) is 0 Å². The van der Waals surface area contributed by atoms with Crippen LogP contribution in [0.5, 0.6) is 0 Å². The molecule has 0 amide bonds. The van der Waals surface area contributed by atoms with E-state index in [2.05, 4.69) is 0 Å². The highest BCUT2D eigenvalue weighted by Crippen LogP contribution is 2.31. The summed E-state index contributed by atoms with van der Waals surface area (Å²) in [7, 11) is 0. The Balaban J connectivity index is 2.63. The molecule has 72 valence electrons. The molecule has 1 aromatic carbocycles. The molecule has 0 unspecified atom stereocenters. The van der Waals surface area contributed by atoms with Crippen LogP contribution in [0.25, 0.3) is 6.08 Å². The van der Waals surface area contributed by atoms with Crippen molar-refractivity contribution >= 4 is 11.9 Å². The molecule has 2 rings (SSSR count). The Labute approximate surface area is 84.5 Å². The van der Waals surface area contributed by atoms with Crippen molar-refractivity contribution in [2.75, 3.05) is 0 Å². The number of benzene rings is 1. The first kappa shape index (κ1) is 9.20. The summed E-state index contributed by atoms with van der Waals surface area (Å²) >= 11 is 0. The van der Waals surface area contributed by atoms with Gasteiger partial charge in [-0.25, -0.2) is 0 Å². The lowest BCUT2D eigenvalue weighted by atomic mass is 9.78. The van der Waals surface area contributed by atoms with Crippen LogP contribution in [0.3, 0.4) is 0 Å². The fourth-order valence-electron chi connectivity index (χ4n) is 1.73. The number of fused-ring (bicyclic) bond motifs is 1. The number of ketones is 1. The summed E-state index contributed by atoms with van der Waals surface area (Å²) in [5.41, 5.74) is 2.70. The predicted molar refractivity (Wildman–Crippen MR) is 58.3 cm³/mol. The normalized spacial score (nSPS) is 18.1. The van der Waals surface area contributed by atoms with Gasteiger partial charge >= 0.3 is 0 Å². The largest absolute Gasteiger partial charge is 0.293 e. The minimum absolute atomic E-state index is 0.221. The van der Waals surface area contributed by atoms with Crippen molar-refractivity contribution in [3.63, 3.8) is 0 Å². The Morgan fingerprint density at radius 3 is 2.64 bits per heavy atom. The van der Waals surface area contributed by atoms with Gasteiger partial charge in [0.15, 0.2) is 5.78 Å². The van der Waals surface area contributed by atoms with Crippen LogP contribution < -0.4 is 0 Å². The molecule has 1 nitrogen and oxygen atoms in total. The summed E-state index contributed by atoms with van der Waals surface area (Å²) in [4.78, 5) is 12.0. The molecule has 0 bridgehead atoms. The van der Waals surface area contributed by atoms with E-state index in [1.165, 1.54) is 0 Å². The van der Waals surface area contributed by atoms with E-state index in [-0.39, 0.29) is 11.2 Å². The highest BCUT2D eigenvalue weighted by atomic mass is 16.1. The molecule has 1 heteroatoms. The number of carbonyl (C=O) groups excluding carboxylic acids is 1. The van der Waals surface area contributed by atoms with Crippen molar-refractivity contribution in [1.29, 1.82) is 0 Å². The van der Waals surface area contributed by atoms with Crippen LogP contribution in [0.4, 0.5) is 0 Å². The number of carbonyl (C=O) groups is 1. The Hall–Kier alpha value is -1.37. The zero-order valence-electron chi connectivity index (χ0n) is 8.79. The topological polar surface area (TPSA) is 17.1 Å². The van der Waals surface area contributed by atoms with Gasteiger partial charge in [0.2, 0.25) is 0 Å². The monoisotopic (exact) mass is 186 g/mol. The fraction of sp³-hybridized carbons (Fsp3) is 0.308. The maximum absolute atomic E-state index is 12.0. The number of hydrogen-bond donors (Lipinski definition) is 0. The fourth-order valence-corrected chi connectivity index (χ4v) is 1.73. The van der Waals surface area contributed by atoms with Crippen molar-refractivity contribution in [2.45, 2.75) is 20.8 Å². The molecule has 14 heavy (non-hydrogen) atoms. The molecular weight excluding hydrogens is 172 g/mol. The molecule has 0 aliphatic heterocycles. The SMILES string of the molecule is Cc1ccc2c(c1)C(=O)C(C)(C)C=C2. The Morgan fingerprint density at radius 2 is 1.93 bits per heavy atom. The van der Waals surface area contributed by atoms with E-state index in [0.29, 0.717) is 0 Å². The van der Waals surface area contributed by atoms with Gasteiger partial charge in [-0.3, -0.25) is 4.79 Å². The van der Waals surface area contributed by atoms with Crippen LogP contribution in [-0.2, 0) is 0 Å². The molecule has 0 fully saturated rings. The number of aryl methyl sites for hydroxylation is 1. The van der Waals surface area contributed by atoms with E-state index < -0.39 is 0 Å². The van der Waals surface area contributed by atoms with Gasteiger partial charge in [0.1, 0.15) is 0 Å². The molecule has 0 saturated heterocycles. The van der Waals surface area contributed by atoms with Crippen LogP contribution in [0, 0.1) is 12.3 Å². The maximum Gasteiger partial charge on any atom is 0.172 e. The number of rotatable bonds is 0. The molecule has 0 atom stereocenters. The van der Waals surface area contributed by atoms with Gasteiger partial charge in [0.05, 0.1) is 0 Å². The zero-order chi connectivity index (χ0) is 10.3. The second-order valence-corrected chi connectivity index (χ2v) is 4.47. The Morgan fingerprint density at radius 1 is 1.21 bits per heavy atom. The second kappa shape index (κ2) is 2.81. The Bertz CT molecular complexity index is 425. The van der Waals surface area contributed by atoms with E-state index in [1.54, 1.807) is 0 Å². The van der Waals surface area contributed by atoms with E-state index in [4.69, 9.17) is 0 Å². The third kappa shape index (κ3) is 1.29. The summed E-state index contributed by atoms with van der Waals surface area (Å²) in [6.07, 6.45) is 4.02. The first-order valence-corrected chi connectivity index (χ1v) is 4.85. The lowest BCUT2D eigenvalue weighted by molar-refractivity contribution is 0.0883.